The Bertz CT molecular complexity index is 1040. The summed E-state index contributed by atoms with van der Waals surface area (Å²) in [6.07, 6.45) is 0. The molecule has 0 aliphatic carbocycles. The number of nitro groups is 1. The van der Waals surface area contributed by atoms with E-state index in [0.29, 0.717) is 15.3 Å². The zero-order valence-electron chi connectivity index (χ0n) is 14.4. The minimum Gasteiger partial charge on any atom is -0.462 e. The quantitative estimate of drug-likeness (QED) is 0.368. The van der Waals surface area contributed by atoms with Crippen molar-refractivity contribution in [2.45, 2.75) is 6.92 Å². The van der Waals surface area contributed by atoms with Gasteiger partial charge < -0.3 is 4.74 Å². The van der Waals surface area contributed by atoms with Gasteiger partial charge in [-0.15, -0.1) is 11.3 Å². The Kier molecular flexibility index (Phi) is 5.42. The lowest BCUT2D eigenvalue weighted by Crippen LogP contribution is -2.17. The van der Waals surface area contributed by atoms with Crippen molar-refractivity contribution < 1.29 is 14.5 Å². The highest BCUT2D eigenvalue weighted by molar-refractivity contribution is 7.18. The summed E-state index contributed by atoms with van der Waals surface area (Å²) in [6, 6.07) is 16.4. The van der Waals surface area contributed by atoms with E-state index in [4.69, 9.17) is 4.74 Å². The first-order chi connectivity index (χ1) is 13.0. The lowest BCUT2D eigenvalue weighted by molar-refractivity contribution is -0.384. The smallest absolute Gasteiger partial charge is 0.343 e. The topological polar surface area (TPSA) is 86.5 Å². The summed E-state index contributed by atoms with van der Waals surface area (Å²) >= 11 is 1.27. The van der Waals surface area contributed by atoms with Gasteiger partial charge in [0, 0.05) is 23.1 Å². The molecule has 0 fully saturated rings. The predicted molar refractivity (Wildman–Crippen MR) is 104 cm³/mol. The summed E-state index contributed by atoms with van der Waals surface area (Å²) < 4.78 is 5.05. The van der Waals surface area contributed by atoms with Crippen LogP contribution in [0.2, 0.25) is 0 Å². The normalized spacial score (nSPS) is 10.4. The molecule has 3 rings (SSSR count). The number of esters is 1. The van der Waals surface area contributed by atoms with Gasteiger partial charge in [0.25, 0.3) is 5.69 Å². The van der Waals surface area contributed by atoms with Gasteiger partial charge in [-0.3, -0.25) is 14.9 Å². The fourth-order valence-electron chi connectivity index (χ4n) is 2.57. The summed E-state index contributed by atoms with van der Waals surface area (Å²) in [4.78, 5) is 36.5. The van der Waals surface area contributed by atoms with Gasteiger partial charge in [0.1, 0.15) is 5.56 Å². The molecule has 0 N–H and O–H groups in total. The lowest BCUT2D eigenvalue weighted by atomic mass is 10.1. The number of non-ortho nitro benzene ring substituents is 1. The highest BCUT2D eigenvalue weighted by Crippen LogP contribution is 2.34. The molecule has 0 saturated heterocycles. The number of nitro benzene ring substituents is 1. The second-order valence-electron chi connectivity index (χ2n) is 5.57. The Hall–Kier alpha value is -3.32. The van der Waals surface area contributed by atoms with Crippen LogP contribution in [-0.4, -0.2) is 17.5 Å². The summed E-state index contributed by atoms with van der Waals surface area (Å²) in [5.41, 5.74) is 0.914. The largest absolute Gasteiger partial charge is 0.462 e. The van der Waals surface area contributed by atoms with Gasteiger partial charge in [-0.05, 0) is 30.2 Å². The summed E-state index contributed by atoms with van der Waals surface area (Å²) in [5, 5.41) is 10.8. The second kappa shape index (κ2) is 7.92. The molecule has 0 radical (unpaired) electrons. The summed E-state index contributed by atoms with van der Waals surface area (Å²) in [6.45, 7) is 1.85. The Morgan fingerprint density at radius 3 is 2.33 bits per heavy atom. The van der Waals surface area contributed by atoms with E-state index in [1.54, 1.807) is 19.1 Å². The standard InChI is InChI=1S/C20H15NO5S/c1-2-26-20(23)18-16(22)12-17(13-8-10-15(11-9-13)21(24)25)27-19(18)14-6-4-3-5-7-14/h3-12H,2H2,1H3. The average Bonchev–Trinajstić information content (AvgIpc) is 2.68. The molecule has 0 unspecified atom stereocenters. The molecule has 6 nitrogen and oxygen atoms in total. The Labute approximate surface area is 158 Å². The van der Waals surface area contributed by atoms with Crippen LogP contribution >= 0.6 is 11.3 Å². The van der Waals surface area contributed by atoms with Crippen LogP contribution in [0.25, 0.3) is 20.9 Å². The van der Waals surface area contributed by atoms with Crippen LogP contribution in [-0.2, 0) is 4.74 Å². The zero-order valence-corrected chi connectivity index (χ0v) is 15.2. The van der Waals surface area contributed by atoms with E-state index in [9.17, 15) is 19.7 Å². The molecule has 0 atom stereocenters. The highest BCUT2D eigenvalue weighted by Gasteiger charge is 2.21. The number of carbonyl (C=O) groups is 1. The van der Waals surface area contributed by atoms with Crippen molar-refractivity contribution in [1.29, 1.82) is 0 Å². The first-order valence-electron chi connectivity index (χ1n) is 8.16. The van der Waals surface area contributed by atoms with Crippen LogP contribution < -0.4 is 5.43 Å². The Morgan fingerprint density at radius 2 is 1.74 bits per heavy atom. The molecule has 7 heteroatoms. The average molecular weight is 381 g/mol. The third-order valence-electron chi connectivity index (χ3n) is 3.83. The van der Waals surface area contributed by atoms with Crippen molar-refractivity contribution in [3.05, 3.63) is 86.6 Å². The van der Waals surface area contributed by atoms with E-state index in [2.05, 4.69) is 0 Å². The summed E-state index contributed by atoms with van der Waals surface area (Å²) in [7, 11) is 0. The van der Waals surface area contributed by atoms with E-state index in [-0.39, 0.29) is 17.9 Å². The van der Waals surface area contributed by atoms with Gasteiger partial charge in [0.15, 0.2) is 5.43 Å². The van der Waals surface area contributed by atoms with E-state index in [1.165, 1.54) is 29.5 Å². The van der Waals surface area contributed by atoms with Gasteiger partial charge in [-0.1, -0.05) is 30.3 Å². The van der Waals surface area contributed by atoms with Crippen molar-refractivity contribution in [3.8, 4) is 20.9 Å². The van der Waals surface area contributed by atoms with Crippen LogP contribution in [0.1, 0.15) is 17.3 Å². The molecule has 0 bridgehead atoms. The van der Waals surface area contributed by atoms with Gasteiger partial charge in [-0.25, -0.2) is 4.79 Å². The minimum atomic E-state index is -0.659. The number of benzene rings is 2. The molecule has 0 amide bonds. The van der Waals surface area contributed by atoms with E-state index >= 15 is 0 Å². The van der Waals surface area contributed by atoms with Crippen LogP contribution in [0.5, 0.6) is 0 Å². The maximum Gasteiger partial charge on any atom is 0.343 e. The number of hydrogen-bond acceptors (Lipinski definition) is 6. The van der Waals surface area contributed by atoms with Gasteiger partial charge >= 0.3 is 5.97 Å². The second-order valence-corrected chi connectivity index (χ2v) is 6.62. The first-order valence-corrected chi connectivity index (χ1v) is 8.98. The zero-order chi connectivity index (χ0) is 19.4. The van der Waals surface area contributed by atoms with E-state index < -0.39 is 16.3 Å². The van der Waals surface area contributed by atoms with Crippen molar-refractivity contribution in [3.63, 3.8) is 0 Å². The lowest BCUT2D eigenvalue weighted by Gasteiger charge is -2.10. The molecule has 0 spiro atoms. The van der Waals surface area contributed by atoms with Crippen LogP contribution in [0.3, 0.4) is 0 Å². The molecule has 3 aromatic rings. The predicted octanol–water partition coefficient (Wildman–Crippen LogP) is 4.53. The fraction of sp³-hybridized carbons (Fsp3) is 0.100. The van der Waals surface area contributed by atoms with Crippen LogP contribution in [0.4, 0.5) is 5.69 Å². The number of hydrogen-bond donors (Lipinski definition) is 0. The number of nitrogens with zero attached hydrogens (tertiary/aromatic N) is 1. The molecule has 0 saturated carbocycles. The van der Waals surface area contributed by atoms with Gasteiger partial charge in [0.05, 0.1) is 16.4 Å². The monoisotopic (exact) mass is 381 g/mol. The maximum absolute atomic E-state index is 12.7. The SMILES string of the molecule is CCOC(=O)c1c(-c2ccccc2)sc(-c2ccc([N+](=O)[O-])cc2)cc1=O. The molecule has 1 aromatic heterocycles. The van der Waals surface area contributed by atoms with Crippen LogP contribution in [0, 0.1) is 10.1 Å². The molecular weight excluding hydrogens is 366 g/mol. The first kappa shape index (κ1) is 18.5. The molecule has 0 aliphatic rings. The third-order valence-corrected chi connectivity index (χ3v) is 5.04. The van der Waals surface area contributed by atoms with Crippen molar-refractivity contribution >= 4 is 23.0 Å². The molecule has 136 valence electrons. The highest BCUT2D eigenvalue weighted by atomic mass is 32.1. The maximum atomic E-state index is 12.7. The summed E-state index contributed by atoms with van der Waals surface area (Å²) in [5.74, 6) is -0.659. The van der Waals surface area contributed by atoms with Crippen molar-refractivity contribution in [2.75, 3.05) is 6.61 Å². The Balaban J connectivity index is 2.18. The fourth-order valence-corrected chi connectivity index (χ4v) is 3.75. The number of rotatable bonds is 5. The molecular formula is C20H15NO5S. The molecule has 1 heterocycles. The Morgan fingerprint density at radius 1 is 1.07 bits per heavy atom. The minimum absolute atomic E-state index is 0.00119. The van der Waals surface area contributed by atoms with E-state index in [1.807, 2.05) is 30.3 Å². The molecule has 0 aliphatic heterocycles. The van der Waals surface area contributed by atoms with E-state index in [0.717, 1.165) is 5.56 Å². The van der Waals surface area contributed by atoms with Crippen molar-refractivity contribution in [2.24, 2.45) is 0 Å². The van der Waals surface area contributed by atoms with Crippen LogP contribution in [0.15, 0.2) is 65.5 Å². The van der Waals surface area contributed by atoms with Crippen molar-refractivity contribution in [1.82, 2.24) is 0 Å². The molecule has 2 aromatic carbocycles. The number of carbonyl (C=O) groups excluding carboxylic acids is 1. The third kappa shape index (κ3) is 3.93. The van der Waals surface area contributed by atoms with Gasteiger partial charge in [-0.2, -0.15) is 0 Å². The van der Waals surface area contributed by atoms with Gasteiger partial charge in [0.2, 0.25) is 0 Å². The molecule has 27 heavy (non-hydrogen) atoms. The number of ether oxygens (including phenoxy) is 1.